The van der Waals surface area contributed by atoms with E-state index in [2.05, 4.69) is 35.9 Å². The van der Waals surface area contributed by atoms with Crippen LogP contribution in [0.15, 0.2) is 18.3 Å². The van der Waals surface area contributed by atoms with Crippen molar-refractivity contribution in [1.82, 2.24) is 4.98 Å². The average Bonchev–Trinajstić information content (AvgIpc) is 2.41. The highest BCUT2D eigenvalue weighted by Crippen LogP contribution is 2.20. The van der Waals surface area contributed by atoms with Crippen LogP contribution in [0.5, 0.6) is 0 Å². The third-order valence-electron chi connectivity index (χ3n) is 3.72. The Bertz CT molecular complexity index is 349. The van der Waals surface area contributed by atoms with Gasteiger partial charge in [0.1, 0.15) is 5.82 Å². The Kier molecular flexibility index (Phi) is 4.41. The van der Waals surface area contributed by atoms with Crippen LogP contribution in [-0.4, -0.2) is 18.1 Å². The molecule has 0 aliphatic carbocycles. The van der Waals surface area contributed by atoms with E-state index in [1.54, 1.807) is 0 Å². The fourth-order valence-corrected chi connectivity index (χ4v) is 2.60. The number of nitrogens with zero attached hydrogens (tertiary/aromatic N) is 2. The third-order valence-corrected chi connectivity index (χ3v) is 3.72. The van der Waals surface area contributed by atoms with E-state index in [1.165, 1.54) is 56.6 Å². The molecule has 2 heteroatoms. The van der Waals surface area contributed by atoms with Gasteiger partial charge in [0, 0.05) is 19.3 Å². The second kappa shape index (κ2) is 6.04. The first-order chi connectivity index (χ1) is 8.25. The van der Waals surface area contributed by atoms with Gasteiger partial charge in [-0.1, -0.05) is 19.8 Å². The minimum atomic E-state index is 0.903. The summed E-state index contributed by atoms with van der Waals surface area (Å²) in [5.74, 6) is 2.07. The van der Waals surface area contributed by atoms with Crippen LogP contribution in [0.25, 0.3) is 0 Å². The Morgan fingerprint density at radius 1 is 1.18 bits per heavy atom. The molecular formula is C15H24N2. The summed E-state index contributed by atoms with van der Waals surface area (Å²) in [4.78, 5) is 6.97. The van der Waals surface area contributed by atoms with Crippen LogP contribution in [0, 0.1) is 12.8 Å². The predicted molar refractivity (Wildman–Crippen MR) is 73.4 cm³/mol. The zero-order valence-corrected chi connectivity index (χ0v) is 11.2. The second-order valence-corrected chi connectivity index (χ2v) is 5.42. The standard InChI is InChI=1S/C15H24N2/c1-13-6-3-4-10-17(11-5-7-13)15-12-14(2)8-9-16-15/h8-9,12-13H,3-7,10-11H2,1-2H3. The lowest BCUT2D eigenvalue weighted by Gasteiger charge is -2.23. The lowest BCUT2D eigenvalue weighted by Crippen LogP contribution is -2.26. The normalized spacial score (nSPS) is 22.7. The van der Waals surface area contributed by atoms with Gasteiger partial charge in [-0.3, -0.25) is 0 Å². The molecule has 0 amide bonds. The van der Waals surface area contributed by atoms with E-state index in [0.29, 0.717) is 0 Å². The molecular weight excluding hydrogens is 208 g/mol. The number of hydrogen-bond acceptors (Lipinski definition) is 2. The van der Waals surface area contributed by atoms with Gasteiger partial charge in [-0.05, 0) is 49.8 Å². The van der Waals surface area contributed by atoms with Crippen molar-refractivity contribution in [3.8, 4) is 0 Å². The average molecular weight is 232 g/mol. The van der Waals surface area contributed by atoms with Crippen molar-refractivity contribution >= 4 is 5.82 Å². The van der Waals surface area contributed by atoms with Gasteiger partial charge in [0.05, 0.1) is 0 Å². The molecule has 1 fully saturated rings. The zero-order chi connectivity index (χ0) is 12.1. The Balaban J connectivity index is 2.03. The Morgan fingerprint density at radius 2 is 1.94 bits per heavy atom. The molecule has 1 atom stereocenters. The highest BCUT2D eigenvalue weighted by atomic mass is 15.2. The molecule has 0 bridgehead atoms. The molecule has 2 nitrogen and oxygen atoms in total. The van der Waals surface area contributed by atoms with Crippen molar-refractivity contribution in [2.45, 2.75) is 46.0 Å². The number of anilines is 1. The van der Waals surface area contributed by atoms with Crippen molar-refractivity contribution in [2.24, 2.45) is 5.92 Å². The molecule has 94 valence electrons. The van der Waals surface area contributed by atoms with E-state index in [-0.39, 0.29) is 0 Å². The van der Waals surface area contributed by atoms with Crippen molar-refractivity contribution in [3.63, 3.8) is 0 Å². The van der Waals surface area contributed by atoms with Crippen LogP contribution in [-0.2, 0) is 0 Å². The van der Waals surface area contributed by atoms with Gasteiger partial charge in [0.15, 0.2) is 0 Å². The Morgan fingerprint density at radius 3 is 2.76 bits per heavy atom. The maximum atomic E-state index is 4.51. The second-order valence-electron chi connectivity index (χ2n) is 5.42. The Hall–Kier alpha value is -1.05. The van der Waals surface area contributed by atoms with E-state index in [0.717, 1.165) is 5.92 Å². The molecule has 1 unspecified atom stereocenters. The highest BCUT2D eigenvalue weighted by Gasteiger charge is 2.12. The van der Waals surface area contributed by atoms with Crippen LogP contribution in [0.3, 0.4) is 0 Å². The van der Waals surface area contributed by atoms with Crippen LogP contribution in [0.1, 0.15) is 44.6 Å². The zero-order valence-electron chi connectivity index (χ0n) is 11.2. The molecule has 1 aromatic rings. The monoisotopic (exact) mass is 232 g/mol. The SMILES string of the molecule is Cc1ccnc(N2CCCCC(C)CCC2)c1. The summed E-state index contributed by atoms with van der Waals surface area (Å²) in [5, 5.41) is 0. The molecule has 2 heterocycles. The van der Waals surface area contributed by atoms with Crippen LogP contribution < -0.4 is 4.90 Å². The summed E-state index contributed by atoms with van der Waals surface area (Å²) < 4.78 is 0. The number of hydrogen-bond donors (Lipinski definition) is 0. The molecule has 1 aliphatic heterocycles. The van der Waals surface area contributed by atoms with Gasteiger partial charge in [-0.15, -0.1) is 0 Å². The smallest absolute Gasteiger partial charge is 0.128 e. The van der Waals surface area contributed by atoms with Gasteiger partial charge in [0.2, 0.25) is 0 Å². The first kappa shape index (κ1) is 12.4. The van der Waals surface area contributed by atoms with Crippen molar-refractivity contribution < 1.29 is 0 Å². The number of pyridine rings is 1. The fraction of sp³-hybridized carbons (Fsp3) is 0.667. The number of aryl methyl sites for hydroxylation is 1. The Labute approximate surface area is 105 Å². The summed E-state index contributed by atoms with van der Waals surface area (Å²) in [5.41, 5.74) is 1.31. The van der Waals surface area contributed by atoms with Gasteiger partial charge >= 0.3 is 0 Å². The third kappa shape index (κ3) is 3.72. The summed E-state index contributed by atoms with van der Waals surface area (Å²) in [6.07, 6.45) is 8.66. The van der Waals surface area contributed by atoms with E-state index in [1.807, 2.05) is 6.20 Å². The molecule has 0 spiro atoms. The molecule has 0 radical (unpaired) electrons. The summed E-state index contributed by atoms with van der Waals surface area (Å²) in [6, 6.07) is 4.28. The van der Waals surface area contributed by atoms with Crippen molar-refractivity contribution in [2.75, 3.05) is 18.0 Å². The maximum Gasteiger partial charge on any atom is 0.128 e. The topological polar surface area (TPSA) is 16.1 Å². The largest absolute Gasteiger partial charge is 0.357 e. The molecule has 2 rings (SSSR count). The van der Waals surface area contributed by atoms with Gasteiger partial charge in [-0.25, -0.2) is 4.98 Å². The van der Waals surface area contributed by atoms with Crippen LogP contribution >= 0.6 is 0 Å². The predicted octanol–water partition coefficient (Wildman–Crippen LogP) is 3.80. The van der Waals surface area contributed by atoms with Crippen molar-refractivity contribution in [1.29, 1.82) is 0 Å². The summed E-state index contributed by atoms with van der Waals surface area (Å²) >= 11 is 0. The molecule has 17 heavy (non-hydrogen) atoms. The number of aromatic nitrogens is 1. The van der Waals surface area contributed by atoms with Crippen molar-refractivity contribution in [3.05, 3.63) is 23.9 Å². The molecule has 1 aromatic heterocycles. The lowest BCUT2D eigenvalue weighted by atomic mass is 10.00. The minimum Gasteiger partial charge on any atom is -0.357 e. The number of rotatable bonds is 1. The summed E-state index contributed by atoms with van der Waals surface area (Å²) in [7, 11) is 0. The van der Waals surface area contributed by atoms with Crippen LogP contribution in [0.4, 0.5) is 5.82 Å². The molecule has 0 saturated carbocycles. The first-order valence-corrected chi connectivity index (χ1v) is 6.93. The highest BCUT2D eigenvalue weighted by molar-refractivity contribution is 5.40. The van der Waals surface area contributed by atoms with E-state index >= 15 is 0 Å². The van der Waals surface area contributed by atoms with Gasteiger partial charge < -0.3 is 4.90 Å². The molecule has 0 N–H and O–H groups in total. The van der Waals surface area contributed by atoms with Gasteiger partial charge in [0.25, 0.3) is 0 Å². The lowest BCUT2D eigenvalue weighted by molar-refractivity contribution is 0.471. The maximum absolute atomic E-state index is 4.51. The first-order valence-electron chi connectivity index (χ1n) is 6.93. The fourth-order valence-electron chi connectivity index (χ4n) is 2.60. The molecule has 0 aromatic carbocycles. The van der Waals surface area contributed by atoms with Gasteiger partial charge in [-0.2, -0.15) is 0 Å². The summed E-state index contributed by atoms with van der Waals surface area (Å²) in [6.45, 7) is 6.87. The van der Waals surface area contributed by atoms with E-state index in [9.17, 15) is 0 Å². The minimum absolute atomic E-state index is 0.903. The van der Waals surface area contributed by atoms with E-state index < -0.39 is 0 Å². The van der Waals surface area contributed by atoms with E-state index in [4.69, 9.17) is 0 Å². The quantitative estimate of drug-likeness (QED) is 0.732. The van der Waals surface area contributed by atoms with Crippen LogP contribution in [0.2, 0.25) is 0 Å². The molecule has 1 aliphatic rings. The molecule has 1 saturated heterocycles.